The standard InChI is InChI=1S/C17H21N5O3/c23-16(14-3-1-4-18-14)21-5-2-6-22-13(12-21)11-15(19-22)17(24)20-7-9-25-10-8-20/h1,3-4,11,18H,2,5-10,12H2. The van der Waals surface area contributed by atoms with E-state index < -0.39 is 0 Å². The number of rotatable bonds is 2. The number of nitrogens with one attached hydrogen (secondary N) is 1. The smallest absolute Gasteiger partial charge is 0.274 e. The molecule has 0 unspecified atom stereocenters. The lowest BCUT2D eigenvalue weighted by atomic mass is 10.2. The highest BCUT2D eigenvalue weighted by Gasteiger charge is 2.26. The molecule has 2 amide bonds. The molecular weight excluding hydrogens is 322 g/mol. The van der Waals surface area contributed by atoms with Crippen molar-refractivity contribution in [3.05, 3.63) is 41.5 Å². The minimum Gasteiger partial charge on any atom is -0.378 e. The van der Waals surface area contributed by atoms with Gasteiger partial charge in [-0.2, -0.15) is 5.10 Å². The van der Waals surface area contributed by atoms with Crippen molar-refractivity contribution in [2.75, 3.05) is 32.8 Å². The third-order valence-corrected chi connectivity index (χ3v) is 4.65. The van der Waals surface area contributed by atoms with Gasteiger partial charge in [0.25, 0.3) is 11.8 Å². The third kappa shape index (κ3) is 3.17. The number of nitrogens with zero attached hydrogens (tertiary/aromatic N) is 4. The first-order chi connectivity index (χ1) is 12.2. The predicted molar refractivity (Wildman–Crippen MR) is 89.1 cm³/mol. The quantitative estimate of drug-likeness (QED) is 0.871. The average molecular weight is 343 g/mol. The van der Waals surface area contributed by atoms with Crippen molar-refractivity contribution in [1.29, 1.82) is 0 Å². The fourth-order valence-corrected chi connectivity index (χ4v) is 3.30. The maximum atomic E-state index is 12.6. The van der Waals surface area contributed by atoms with Crippen LogP contribution < -0.4 is 0 Å². The third-order valence-electron chi connectivity index (χ3n) is 4.65. The number of amides is 2. The zero-order valence-corrected chi connectivity index (χ0v) is 14.0. The fraction of sp³-hybridized carbons (Fsp3) is 0.471. The molecule has 2 aliphatic rings. The van der Waals surface area contributed by atoms with Gasteiger partial charge >= 0.3 is 0 Å². The summed E-state index contributed by atoms with van der Waals surface area (Å²) in [5.41, 5.74) is 1.93. The Balaban J connectivity index is 1.52. The Morgan fingerprint density at radius 1 is 1.08 bits per heavy atom. The van der Waals surface area contributed by atoms with Gasteiger partial charge in [-0.25, -0.2) is 0 Å². The molecule has 8 nitrogen and oxygen atoms in total. The molecule has 0 aromatic carbocycles. The Labute approximate surface area is 145 Å². The lowest BCUT2D eigenvalue weighted by Crippen LogP contribution is -2.40. The topological polar surface area (TPSA) is 83.5 Å². The summed E-state index contributed by atoms with van der Waals surface area (Å²) in [6.07, 6.45) is 2.56. The molecule has 2 aliphatic heterocycles. The van der Waals surface area contributed by atoms with Crippen LogP contribution in [0.25, 0.3) is 0 Å². The molecule has 8 heteroatoms. The molecule has 2 aromatic heterocycles. The average Bonchev–Trinajstić information content (AvgIpc) is 3.27. The van der Waals surface area contributed by atoms with Crippen LogP contribution in [0.4, 0.5) is 0 Å². The first kappa shape index (κ1) is 15.9. The maximum Gasteiger partial charge on any atom is 0.274 e. The summed E-state index contributed by atoms with van der Waals surface area (Å²) >= 11 is 0. The van der Waals surface area contributed by atoms with Crippen LogP contribution in [0.2, 0.25) is 0 Å². The highest BCUT2D eigenvalue weighted by Crippen LogP contribution is 2.17. The SMILES string of the molecule is O=C(c1cc2n(n1)CCCN(C(=O)c1ccc[nH]1)C2)N1CCOCC1. The molecule has 4 rings (SSSR count). The molecule has 1 N–H and O–H groups in total. The summed E-state index contributed by atoms with van der Waals surface area (Å²) in [5.74, 6) is -0.0909. The Bertz CT molecular complexity index is 761. The van der Waals surface area contributed by atoms with Crippen molar-refractivity contribution < 1.29 is 14.3 Å². The number of carbonyl (C=O) groups excluding carboxylic acids is 2. The monoisotopic (exact) mass is 343 g/mol. The molecule has 25 heavy (non-hydrogen) atoms. The summed E-state index contributed by atoms with van der Waals surface area (Å²) in [4.78, 5) is 31.7. The van der Waals surface area contributed by atoms with E-state index in [0.29, 0.717) is 57.3 Å². The number of fused-ring (bicyclic) bond motifs is 1. The van der Waals surface area contributed by atoms with Crippen molar-refractivity contribution in [3.8, 4) is 0 Å². The van der Waals surface area contributed by atoms with Crippen LogP contribution in [-0.4, -0.2) is 69.2 Å². The van der Waals surface area contributed by atoms with Gasteiger partial charge in [0.15, 0.2) is 5.69 Å². The number of H-pyrrole nitrogens is 1. The van der Waals surface area contributed by atoms with Gasteiger partial charge in [-0.1, -0.05) is 0 Å². The molecule has 0 atom stereocenters. The molecule has 0 saturated carbocycles. The number of aromatic amines is 1. The van der Waals surface area contributed by atoms with Crippen LogP contribution in [-0.2, 0) is 17.8 Å². The molecule has 1 saturated heterocycles. The minimum absolute atomic E-state index is 0.0271. The number of hydrogen-bond acceptors (Lipinski definition) is 4. The molecule has 0 radical (unpaired) electrons. The maximum absolute atomic E-state index is 12.6. The first-order valence-corrected chi connectivity index (χ1v) is 8.59. The van der Waals surface area contributed by atoms with E-state index in [9.17, 15) is 9.59 Å². The molecular formula is C17H21N5O3. The van der Waals surface area contributed by atoms with Crippen LogP contribution in [0.5, 0.6) is 0 Å². The Morgan fingerprint density at radius 2 is 1.92 bits per heavy atom. The number of morpholine rings is 1. The summed E-state index contributed by atoms with van der Waals surface area (Å²) in [7, 11) is 0. The van der Waals surface area contributed by atoms with Gasteiger partial charge in [-0.15, -0.1) is 0 Å². The van der Waals surface area contributed by atoms with E-state index in [1.807, 2.05) is 16.8 Å². The van der Waals surface area contributed by atoms with Crippen molar-refractivity contribution in [1.82, 2.24) is 24.6 Å². The van der Waals surface area contributed by atoms with Crippen molar-refractivity contribution >= 4 is 11.8 Å². The Kier molecular flexibility index (Phi) is 4.27. The highest BCUT2D eigenvalue weighted by atomic mass is 16.5. The van der Waals surface area contributed by atoms with E-state index in [0.717, 1.165) is 12.1 Å². The molecule has 2 aromatic rings. The number of aryl methyl sites for hydroxylation is 1. The van der Waals surface area contributed by atoms with Crippen molar-refractivity contribution in [3.63, 3.8) is 0 Å². The van der Waals surface area contributed by atoms with Crippen molar-refractivity contribution in [2.45, 2.75) is 19.5 Å². The zero-order valence-electron chi connectivity index (χ0n) is 14.0. The second-order valence-corrected chi connectivity index (χ2v) is 6.31. The van der Waals surface area contributed by atoms with Gasteiger partial charge in [-0.05, 0) is 24.6 Å². The highest BCUT2D eigenvalue weighted by molar-refractivity contribution is 5.93. The number of carbonyl (C=O) groups is 2. The normalized spacial score (nSPS) is 17.9. The number of hydrogen-bond donors (Lipinski definition) is 1. The Hall–Kier alpha value is -2.61. The van der Waals surface area contributed by atoms with E-state index in [2.05, 4.69) is 10.1 Å². The van der Waals surface area contributed by atoms with Crippen LogP contribution in [0.15, 0.2) is 24.4 Å². The molecule has 4 heterocycles. The van der Waals surface area contributed by atoms with E-state index in [1.54, 1.807) is 22.1 Å². The van der Waals surface area contributed by atoms with Gasteiger partial charge in [0.2, 0.25) is 0 Å². The van der Waals surface area contributed by atoms with Gasteiger partial charge < -0.3 is 19.5 Å². The first-order valence-electron chi connectivity index (χ1n) is 8.59. The fourth-order valence-electron chi connectivity index (χ4n) is 3.30. The van der Waals surface area contributed by atoms with Gasteiger partial charge in [0, 0.05) is 32.4 Å². The van der Waals surface area contributed by atoms with Gasteiger partial charge in [0.05, 0.1) is 25.5 Å². The van der Waals surface area contributed by atoms with Crippen LogP contribution >= 0.6 is 0 Å². The lowest BCUT2D eigenvalue weighted by molar-refractivity contribution is 0.0298. The van der Waals surface area contributed by atoms with E-state index >= 15 is 0 Å². The number of aromatic nitrogens is 3. The summed E-state index contributed by atoms with van der Waals surface area (Å²) in [6.45, 7) is 4.17. The minimum atomic E-state index is -0.0638. The zero-order chi connectivity index (χ0) is 17.2. The van der Waals surface area contributed by atoms with Gasteiger partial charge in [0.1, 0.15) is 5.69 Å². The second kappa shape index (κ2) is 6.72. The lowest BCUT2D eigenvalue weighted by Gasteiger charge is -2.26. The second-order valence-electron chi connectivity index (χ2n) is 6.31. The number of ether oxygens (including phenoxy) is 1. The van der Waals surface area contributed by atoms with Gasteiger partial charge in [-0.3, -0.25) is 14.3 Å². The van der Waals surface area contributed by atoms with E-state index in [1.165, 1.54) is 0 Å². The summed E-state index contributed by atoms with van der Waals surface area (Å²) in [5, 5.41) is 4.48. The summed E-state index contributed by atoms with van der Waals surface area (Å²) < 4.78 is 7.15. The molecule has 0 aliphatic carbocycles. The largest absolute Gasteiger partial charge is 0.378 e. The van der Waals surface area contributed by atoms with Crippen LogP contribution in [0.3, 0.4) is 0 Å². The van der Waals surface area contributed by atoms with Crippen LogP contribution in [0.1, 0.15) is 33.1 Å². The molecule has 0 spiro atoms. The summed E-state index contributed by atoms with van der Waals surface area (Å²) in [6, 6.07) is 5.41. The van der Waals surface area contributed by atoms with Crippen LogP contribution in [0, 0.1) is 0 Å². The predicted octanol–water partition coefficient (Wildman–Crippen LogP) is 0.730. The molecule has 0 bridgehead atoms. The van der Waals surface area contributed by atoms with E-state index in [4.69, 9.17) is 4.74 Å². The van der Waals surface area contributed by atoms with E-state index in [-0.39, 0.29) is 11.8 Å². The van der Waals surface area contributed by atoms with Crippen molar-refractivity contribution in [2.24, 2.45) is 0 Å². The molecule has 1 fully saturated rings. The molecule has 132 valence electrons. The Morgan fingerprint density at radius 3 is 2.68 bits per heavy atom.